The minimum Gasteiger partial charge on any atom is -0.507 e. The fourth-order valence-corrected chi connectivity index (χ4v) is 9.77. The molecule has 0 aliphatic carbocycles. The van der Waals surface area contributed by atoms with Gasteiger partial charge in [-0.05, 0) is 150 Å². The molecule has 0 aliphatic rings. The number of para-hydroxylation sites is 1. The van der Waals surface area contributed by atoms with Crippen molar-refractivity contribution >= 4 is 11.0 Å². The lowest BCUT2D eigenvalue weighted by Gasteiger charge is -2.27. The van der Waals surface area contributed by atoms with Gasteiger partial charge in [-0.2, -0.15) is 0 Å². The van der Waals surface area contributed by atoms with E-state index >= 15 is 0 Å². The molecule has 0 unspecified atom stereocenters. The Bertz CT molecular complexity index is 3610. The third-order valence-electron chi connectivity index (χ3n) is 13.9. The summed E-state index contributed by atoms with van der Waals surface area (Å²) in [6.45, 7) is 23.9. The van der Waals surface area contributed by atoms with Gasteiger partial charge in [-0.1, -0.05) is 193 Å². The molecule has 0 saturated carbocycles. The SMILES string of the molecule is [2H]C([2H])([2H])c1cc(-c2c(C([2H])(C)C)cccc2C([2H])(C)C)ccc1-n1c(-c2cc(C(C)(C)C)cc(C(C)(C)C)c2O)nc2c(-c3cc(-c4cc(-c5ccc(-c6ccccc6)cc5)ccn4)cc(C(C)(C)C)c3)cccc21. The van der Waals surface area contributed by atoms with Gasteiger partial charge in [-0.25, -0.2) is 4.98 Å². The van der Waals surface area contributed by atoms with Gasteiger partial charge in [-0.3, -0.25) is 9.55 Å². The van der Waals surface area contributed by atoms with Gasteiger partial charge < -0.3 is 5.11 Å². The van der Waals surface area contributed by atoms with E-state index in [0.29, 0.717) is 50.4 Å². The quantitative estimate of drug-likeness (QED) is 0.157. The molecule has 0 aliphatic heterocycles. The zero-order valence-corrected chi connectivity index (χ0v) is 43.8. The van der Waals surface area contributed by atoms with Crippen molar-refractivity contribution in [2.45, 2.75) is 125 Å². The van der Waals surface area contributed by atoms with E-state index in [9.17, 15) is 12.0 Å². The molecule has 0 saturated heterocycles. The Labute approximate surface area is 430 Å². The summed E-state index contributed by atoms with van der Waals surface area (Å²) in [5.41, 5.74) is 14.7. The largest absolute Gasteiger partial charge is 0.507 e. The molecule has 0 amide bonds. The van der Waals surface area contributed by atoms with Crippen LogP contribution < -0.4 is 0 Å². The lowest BCUT2D eigenvalue weighted by atomic mass is 9.79. The molecule has 4 nitrogen and oxygen atoms in total. The Morgan fingerprint density at radius 2 is 1.11 bits per heavy atom. The van der Waals surface area contributed by atoms with Gasteiger partial charge >= 0.3 is 0 Å². The summed E-state index contributed by atoms with van der Waals surface area (Å²) in [6.07, 6.45) is 1.87. The molecule has 0 spiro atoms. The summed E-state index contributed by atoms with van der Waals surface area (Å²) in [7, 11) is 0. The van der Waals surface area contributed by atoms with Crippen LogP contribution in [0.1, 0.15) is 142 Å². The molecule has 0 atom stereocenters. The van der Waals surface area contributed by atoms with E-state index in [4.69, 9.17) is 9.97 Å². The fraction of sp³-hybridized carbons (Fsp3) is 0.284. The smallest absolute Gasteiger partial charge is 0.149 e. The standard InChI is InChI=1S/C67H71N3O/c1-41(2)53-22-18-23-54(42(3)4)61(53)48-30-31-59(43(5)34-48)70-60-25-19-24-55(62(60)69-64(70)56-39-52(66(9,10)11)40-57(63(56)71)67(12,13)14)49-35-50(37-51(36-49)65(6,7)8)58-38-47(32-33-68-58)46-28-26-45(27-29-46)44-20-16-15-17-21-44/h15-42,71H,1-14H3/i5D3,41D,42D. The van der Waals surface area contributed by atoms with E-state index in [1.807, 2.05) is 99.1 Å². The number of aromatic hydroxyl groups is 1. The Hall–Kier alpha value is -7.04. The molecule has 1 N–H and O–H groups in total. The Balaban J connectivity index is 1.32. The molecular weight excluding hydrogens is 863 g/mol. The molecule has 9 aromatic rings. The Kier molecular flexibility index (Phi) is 11.2. The van der Waals surface area contributed by atoms with Gasteiger partial charge in [0, 0.05) is 29.7 Å². The molecule has 360 valence electrons. The highest BCUT2D eigenvalue weighted by atomic mass is 16.3. The van der Waals surface area contributed by atoms with Crippen LogP contribution >= 0.6 is 0 Å². The van der Waals surface area contributed by atoms with Crippen LogP contribution in [0, 0.1) is 6.85 Å². The maximum absolute atomic E-state index is 12.6. The van der Waals surface area contributed by atoms with Crippen LogP contribution in [0.4, 0.5) is 0 Å². The van der Waals surface area contributed by atoms with E-state index in [1.54, 1.807) is 6.07 Å². The predicted octanol–water partition coefficient (Wildman–Crippen LogP) is 18.6. The second-order valence-corrected chi connectivity index (χ2v) is 22.7. The number of hydrogen-bond donors (Lipinski definition) is 1. The molecule has 2 aromatic heterocycles. The summed E-state index contributed by atoms with van der Waals surface area (Å²) < 4.78 is 48.1. The van der Waals surface area contributed by atoms with Crippen LogP contribution in [-0.4, -0.2) is 19.6 Å². The van der Waals surface area contributed by atoms with Crippen molar-refractivity contribution in [3.8, 4) is 78.6 Å². The summed E-state index contributed by atoms with van der Waals surface area (Å²) >= 11 is 0. The highest BCUT2D eigenvalue weighted by Crippen LogP contribution is 2.46. The zero-order chi connectivity index (χ0) is 55.1. The van der Waals surface area contributed by atoms with Crippen molar-refractivity contribution < 1.29 is 12.0 Å². The third kappa shape index (κ3) is 9.62. The number of fused-ring (bicyclic) bond motifs is 1. The number of pyridine rings is 1. The number of aromatic nitrogens is 3. The Morgan fingerprint density at radius 1 is 0.521 bits per heavy atom. The summed E-state index contributed by atoms with van der Waals surface area (Å²) in [5, 5.41) is 12.6. The monoisotopic (exact) mass is 939 g/mol. The second kappa shape index (κ2) is 18.6. The third-order valence-corrected chi connectivity index (χ3v) is 13.9. The normalized spacial score (nSPS) is 13.9. The average Bonchev–Trinajstić information content (AvgIpc) is 3.79. The van der Waals surface area contributed by atoms with Gasteiger partial charge in [0.15, 0.2) is 0 Å². The first-order valence-electron chi connectivity index (χ1n) is 27.4. The molecular formula is C67H71N3O. The van der Waals surface area contributed by atoms with E-state index in [0.717, 1.165) is 55.8 Å². The maximum atomic E-state index is 12.6. The molecule has 0 radical (unpaired) electrons. The molecule has 71 heavy (non-hydrogen) atoms. The molecule has 0 fully saturated rings. The van der Waals surface area contributed by atoms with Crippen molar-refractivity contribution in [1.82, 2.24) is 14.5 Å². The maximum Gasteiger partial charge on any atom is 0.149 e. The van der Waals surface area contributed by atoms with Gasteiger partial charge in [0.05, 0.1) is 28.0 Å². The van der Waals surface area contributed by atoms with E-state index in [1.165, 1.54) is 5.56 Å². The number of benzene rings is 7. The summed E-state index contributed by atoms with van der Waals surface area (Å²) in [6, 6.07) is 51.1. The topological polar surface area (TPSA) is 50.9 Å². The van der Waals surface area contributed by atoms with Crippen LogP contribution in [0.2, 0.25) is 0 Å². The van der Waals surface area contributed by atoms with Gasteiger partial charge in [0.25, 0.3) is 0 Å². The van der Waals surface area contributed by atoms with E-state index < -0.39 is 24.1 Å². The van der Waals surface area contributed by atoms with Crippen molar-refractivity contribution in [2.75, 3.05) is 0 Å². The van der Waals surface area contributed by atoms with Crippen LogP contribution in [0.3, 0.4) is 0 Å². The first-order chi connectivity index (χ1) is 35.4. The number of imidazole rings is 1. The van der Waals surface area contributed by atoms with Crippen LogP contribution in [0.15, 0.2) is 158 Å². The first-order valence-corrected chi connectivity index (χ1v) is 24.9. The second-order valence-electron chi connectivity index (χ2n) is 22.7. The van der Waals surface area contributed by atoms with Gasteiger partial charge in [0.1, 0.15) is 11.6 Å². The number of aryl methyl sites for hydroxylation is 1. The molecule has 2 heterocycles. The van der Waals surface area contributed by atoms with Crippen molar-refractivity contribution in [1.29, 1.82) is 0 Å². The summed E-state index contributed by atoms with van der Waals surface area (Å²) in [4.78, 5) is 10.5. The fourth-order valence-electron chi connectivity index (χ4n) is 9.77. The predicted molar refractivity (Wildman–Crippen MR) is 302 cm³/mol. The lowest BCUT2D eigenvalue weighted by Crippen LogP contribution is -2.17. The van der Waals surface area contributed by atoms with Crippen molar-refractivity contribution in [2.24, 2.45) is 0 Å². The van der Waals surface area contributed by atoms with E-state index in [-0.39, 0.29) is 22.1 Å². The molecule has 4 heteroatoms. The van der Waals surface area contributed by atoms with Crippen molar-refractivity contribution in [3.63, 3.8) is 0 Å². The summed E-state index contributed by atoms with van der Waals surface area (Å²) in [5.74, 6) is -1.64. The number of phenols is 1. The van der Waals surface area contributed by atoms with Crippen LogP contribution in [0.25, 0.3) is 83.9 Å². The molecule has 0 bridgehead atoms. The average molecular weight is 939 g/mol. The first kappa shape index (κ1) is 42.8. The van der Waals surface area contributed by atoms with Gasteiger partial charge in [0.2, 0.25) is 0 Å². The number of hydrogen-bond acceptors (Lipinski definition) is 3. The number of phenolic OH excluding ortho intramolecular Hbond substituents is 1. The zero-order valence-electron chi connectivity index (χ0n) is 48.8. The lowest BCUT2D eigenvalue weighted by molar-refractivity contribution is 0.446. The van der Waals surface area contributed by atoms with Crippen LogP contribution in [0.5, 0.6) is 5.75 Å². The molecule has 7 aromatic carbocycles. The minimum atomic E-state index is -2.63. The molecule has 9 rings (SSSR count). The highest BCUT2D eigenvalue weighted by Gasteiger charge is 2.30. The minimum absolute atomic E-state index is 0.0717. The van der Waals surface area contributed by atoms with Crippen LogP contribution in [-0.2, 0) is 16.2 Å². The van der Waals surface area contributed by atoms with Crippen molar-refractivity contribution in [3.05, 3.63) is 191 Å². The van der Waals surface area contributed by atoms with E-state index in [2.05, 4.69) is 147 Å². The number of nitrogens with zero attached hydrogens (tertiary/aromatic N) is 3. The Morgan fingerprint density at radius 3 is 1.73 bits per heavy atom. The number of rotatable bonds is 9. The van der Waals surface area contributed by atoms with Gasteiger partial charge in [-0.15, -0.1) is 0 Å². The highest BCUT2D eigenvalue weighted by molar-refractivity contribution is 5.97.